The number of nitrogens with one attached hydrogen (secondary N) is 1. The Morgan fingerprint density at radius 2 is 2.06 bits per heavy atom. The number of nitrogens with zero attached hydrogens (tertiary/aromatic N) is 6. The highest BCUT2D eigenvalue weighted by Gasteiger charge is 2.36. The third kappa shape index (κ3) is 5.24. The number of fused-ring (bicyclic) bond motifs is 1. The molecule has 2 amide bonds. The van der Waals surface area contributed by atoms with Crippen molar-refractivity contribution in [3.63, 3.8) is 0 Å². The molecule has 10 nitrogen and oxygen atoms in total. The van der Waals surface area contributed by atoms with Gasteiger partial charge in [-0.15, -0.1) is 11.3 Å². The predicted molar refractivity (Wildman–Crippen MR) is 136 cm³/mol. The van der Waals surface area contributed by atoms with Gasteiger partial charge in [0.1, 0.15) is 10.7 Å². The lowest BCUT2D eigenvalue weighted by molar-refractivity contribution is -0.128. The number of thiazole rings is 1. The monoisotopic (exact) mass is 511 g/mol. The maximum Gasteiger partial charge on any atom is 0.274 e. The van der Waals surface area contributed by atoms with Crippen LogP contribution in [0.2, 0.25) is 0 Å². The summed E-state index contributed by atoms with van der Waals surface area (Å²) in [5.41, 5.74) is 1.43. The van der Waals surface area contributed by atoms with Crippen molar-refractivity contribution in [3.8, 4) is 6.07 Å². The number of hydrogen-bond donors (Lipinski definition) is 1. The lowest BCUT2D eigenvalue weighted by Gasteiger charge is -2.38. The number of imidazole rings is 1. The number of aromatic nitrogens is 4. The summed E-state index contributed by atoms with van der Waals surface area (Å²) in [7, 11) is 0. The number of likely N-dealkylation sites (tertiary alicyclic amines) is 1. The van der Waals surface area contributed by atoms with Crippen LogP contribution >= 0.6 is 11.3 Å². The van der Waals surface area contributed by atoms with E-state index in [0.717, 1.165) is 49.2 Å². The van der Waals surface area contributed by atoms with Crippen molar-refractivity contribution in [2.45, 2.75) is 64.0 Å². The third-order valence-corrected chi connectivity index (χ3v) is 8.22. The lowest BCUT2D eigenvalue weighted by Crippen LogP contribution is -2.51. The van der Waals surface area contributed by atoms with Crippen molar-refractivity contribution in [1.29, 1.82) is 5.26 Å². The van der Waals surface area contributed by atoms with Gasteiger partial charge in [0.25, 0.3) is 5.91 Å². The van der Waals surface area contributed by atoms with Crippen LogP contribution in [0.1, 0.15) is 74.0 Å². The zero-order chi connectivity index (χ0) is 24.4. The van der Waals surface area contributed by atoms with E-state index < -0.39 is 0 Å². The molecule has 1 saturated heterocycles. The van der Waals surface area contributed by atoms with Gasteiger partial charge in [-0.05, 0) is 51.5 Å². The van der Waals surface area contributed by atoms with Crippen LogP contribution < -0.4 is 5.32 Å². The van der Waals surface area contributed by atoms with E-state index in [2.05, 4.69) is 26.7 Å². The largest absolute Gasteiger partial charge is 0.412 e. The number of amides is 2. The van der Waals surface area contributed by atoms with E-state index in [1.54, 1.807) is 39.1 Å². The highest BCUT2D eigenvalue weighted by atomic mass is 32.1. The summed E-state index contributed by atoms with van der Waals surface area (Å²) in [6.45, 7) is 2.94. The van der Waals surface area contributed by atoms with Crippen molar-refractivity contribution in [3.05, 3.63) is 46.4 Å². The minimum atomic E-state index is -0.274. The average Bonchev–Trinajstić information content (AvgIpc) is 3.54. The van der Waals surface area contributed by atoms with Crippen LogP contribution in [0.25, 0.3) is 5.78 Å². The van der Waals surface area contributed by atoms with Gasteiger partial charge in [-0.25, -0.2) is 15.0 Å². The van der Waals surface area contributed by atoms with Crippen molar-refractivity contribution < 1.29 is 16.5 Å². The number of carbonyl (C=O) groups is 2. The Kier molecular flexibility index (Phi) is 7.96. The fourth-order valence-electron chi connectivity index (χ4n) is 5.27. The second kappa shape index (κ2) is 11.1. The maximum atomic E-state index is 13.2. The first-order valence-corrected chi connectivity index (χ1v) is 13.1. The van der Waals surface area contributed by atoms with Crippen LogP contribution in [0.15, 0.2) is 30.0 Å². The fraction of sp³-hybridized carbons (Fsp3) is 0.520. The molecule has 1 unspecified atom stereocenters. The number of rotatable bonds is 5. The number of nitriles is 1. The van der Waals surface area contributed by atoms with Crippen molar-refractivity contribution >= 4 is 28.9 Å². The summed E-state index contributed by atoms with van der Waals surface area (Å²) < 4.78 is 1.73. The molecule has 0 radical (unpaired) electrons. The molecule has 1 aliphatic carbocycles. The molecule has 0 aromatic carbocycles. The van der Waals surface area contributed by atoms with Gasteiger partial charge >= 0.3 is 0 Å². The topological polar surface area (TPSA) is 148 Å². The molecule has 3 aromatic rings. The van der Waals surface area contributed by atoms with E-state index >= 15 is 0 Å². The quantitative estimate of drug-likeness (QED) is 0.557. The van der Waals surface area contributed by atoms with Crippen LogP contribution in [0.4, 0.5) is 0 Å². The molecular formula is C25H33N7O3S. The molecule has 1 aliphatic heterocycles. The molecule has 36 heavy (non-hydrogen) atoms. The molecule has 4 heterocycles. The lowest BCUT2D eigenvalue weighted by atomic mass is 9.81. The molecule has 1 saturated carbocycles. The molecule has 5 rings (SSSR count). The number of carbonyl (C=O) groups excluding carboxylic acids is 2. The van der Waals surface area contributed by atoms with Crippen LogP contribution in [0.3, 0.4) is 0 Å². The smallest absolute Gasteiger partial charge is 0.274 e. The Hall–Kier alpha value is -3.36. The molecule has 192 valence electrons. The van der Waals surface area contributed by atoms with Gasteiger partial charge in [0.15, 0.2) is 0 Å². The van der Waals surface area contributed by atoms with Crippen molar-refractivity contribution in [2.75, 3.05) is 6.54 Å². The Labute approximate surface area is 215 Å². The predicted octanol–water partition coefficient (Wildman–Crippen LogP) is 2.96. The Morgan fingerprint density at radius 1 is 1.25 bits per heavy atom. The van der Waals surface area contributed by atoms with Crippen LogP contribution in [-0.4, -0.2) is 54.1 Å². The van der Waals surface area contributed by atoms with Gasteiger partial charge in [0, 0.05) is 49.8 Å². The molecule has 0 spiro atoms. The SMILES string of the molecule is CC1[C@@H](C(=O)NCc2nc(C3CCC(C#N)CC3)cs2)CCCN1C(=O)c1cn2cccnc2n1.O.[HH]. The zero-order valence-corrected chi connectivity index (χ0v) is 21.1. The normalized spacial score (nSPS) is 24.1. The Morgan fingerprint density at radius 3 is 2.81 bits per heavy atom. The summed E-state index contributed by atoms with van der Waals surface area (Å²) in [6, 6.07) is 3.94. The first-order valence-electron chi connectivity index (χ1n) is 12.3. The Bertz CT molecular complexity index is 1230. The first-order chi connectivity index (χ1) is 17.0. The van der Waals surface area contributed by atoms with E-state index in [4.69, 9.17) is 10.2 Å². The molecule has 3 aromatic heterocycles. The molecule has 2 aliphatic rings. The molecule has 0 bridgehead atoms. The molecule has 2 atom stereocenters. The summed E-state index contributed by atoms with van der Waals surface area (Å²) in [5, 5.41) is 15.1. The van der Waals surface area contributed by atoms with Crippen LogP contribution in [0.5, 0.6) is 0 Å². The van der Waals surface area contributed by atoms with Crippen molar-refractivity contribution in [1.82, 2.24) is 29.6 Å². The highest BCUT2D eigenvalue weighted by Crippen LogP contribution is 2.35. The van der Waals surface area contributed by atoms with Gasteiger partial charge in [0.05, 0.1) is 24.2 Å². The third-order valence-electron chi connectivity index (χ3n) is 7.35. The van der Waals surface area contributed by atoms with Gasteiger partial charge in [-0.3, -0.25) is 14.0 Å². The minimum absolute atomic E-state index is 0. The van der Waals surface area contributed by atoms with Crippen LogP contribution in [-0.2, 0) is 11.3 Å². The first kappa shape index (κ1) is 25.7. The van der Waals surface area contributed by atoms with Gasteiger partial charge in [0.2, 0.25) is 11.7 Å². The van der Waals surface area contributed by atoms with Crippen LogP contribution in [0, 0.1) is 23.2 Å². The van der Waals surface area contributed by atoms with E-state index in [1.807, 2.05) is 13.1 Å². The van der Waals surface area contributed by atoms with E-state index in [-0.39, 0.29) is 36.6 Å². The molecule has 11 heteroatoms. The van der Waals surface area contributed by atoms with E-state index in [0.29, 0.717) is 30.5 Å². The van der Waals surface area contributed by atoms with E-state index in [1.165, 1.54) is 0 Å². The average molecular weight is 512 g/mol. The van der Waals surface area contributed by atoms with Gasteiger partial charge < -0.3 is 15.7 Å². The summed E-state index contributed by atoms with van der Waals surface area (Å²) >= 11 is 1.57. The second-order valence-corrected chi connectivity index (χ2v) is 10.4. The summed E-state index contributed by atoms with van der Waals surface area (Å²) in [5.74, 6) is 0.582. The van der Waals surface area contributed by atoms with E-state index in [9.17, 15) is 9.59 Å². The zero-order valence-electron chi connectivity index (χ0n) is 20.3. The minimum Gasteiger partial charge on any atom is -0.412 e. The van der Waals surface area contributed by atoms with Gasteiger partial charge in [-0.1, -0.05) is 0 Å². The standard InChI is InChI=1S/C25H29N7O2S.H2O.H2/c1-16-19(4-2-11-32(16)24(34)20-14-31-10-3-9-27-25(31)30-20)23(33)28-13-22-29-21(15-35-22)18-7-5-17(12-26)6-8-18;;/h3,9-10,14-19H,2,4-8,11,13H2,1H3,(H,28,33);1H2;1H/t16?,17?,18?,19-;;/m0../s1. The molecular weight excluding hydrogens is 478 g/mol. The molecule has 2 fully saturated rings. The Balaban J connectivity index is 0.00000190. The number of piperidine rings is 1. The highest BCUT2D eigenvalue weighted by molar-refractivity contribution is 7.09. The van der Waals surface area contributed by atoms with Gasteiger partial charge in [-0.2, -0.15) is 5.26 Å². The number of hydrogen-bond acceptors (Lipinski definition) is 7. The van der Waals surface area contributed by atoms with Crippen molar-refractivity contribution in [2.24, 2.45) is 11.8 Å². The fourth-order valence-corrected chi connectivity index (χ4v) is 6.08. The second-order valence-electron chi connectivity index (χ2n) is 9.50. The maximum absolute atomic E-state index is 13.2. The summed E-state index contributed by atoms with van der Waals surface area (Å²) in [6.07, 6.45) is 10.5. The molecule has 3 N–H and O–H groups in total. The summed E-state index contributed by atoms with van der Waals surface area (Å²) in [4.78, 5) is 41.3.